The van der Waals surface area contributed by atoms with Gasteiger partial charge in [-0.1, -0.05) is 48.5 Å². The minimum atomic E-state index is -0.602. The van der Waals surface area contributed by atoms with Crippen molar-refractivity contribution in [2.75, 3.05) is 33.9 Å². The van der Waals surface area contributed by atoms with Crippen molar-refractivity contribution < 1.29 is 19.1 Å². The zero-order chi connectivity index (χ0) is 19.5. The number of methoxy groups -OCH3 is 2. The van der Waals surface area contributed by atoms with Crippen molar-refractivity contribution in [2.24, 2.45) is 0 Å². The van der Waals surface area contributed by atoms with Crippen molar-refractivity contribution in [3.8, 4) is 0 Å². The lowest BCUT2D eigenvalue weighted by Gasteiger charge is -2.26. The first-order valence-electron chi connectivity index (χ1n) is 8.84. The minimum absolute atomic E-state index is 0.0638. The third-order valence-corrected chi connectivity index (χ3v) is 4.12. The molecule has 0 saturated carbocycles. The van der Waals surface area contributed by atoms with Gasteiger partial charge in [0, 0.05) is 26.3 Å². The zero-order valence-corrected chi connectivity index (χ0v) is 15.8. The topological polar surface area (TPSA) is 67.9 Å². The monoisotopic (exact) mass is 370 g/mol. The van der Waals surface area contributed by atoms with E-state index >= 15 is 0 Å². The molecule has 0 aliphatic rings. The number of hydrogen-bond acceptors (Lipinski definition) is 4. The number of hydrogen-bond donors (Lipinski definition) is 1. The normalized spacial score (nSPS) is 10.6. The Balaban J connectivity index is 1.95. The predicted molar refractivity (Wildman–Crippen MR) is 103 cm³/mol. The van der Waals surface area contributed by atoms with Crippen LogP contribution >= 0.6 is 0 Å². The summed E-state index contributed by atoms with van der Waals surface area (Å²) in [5.41, 5.74) is 1.66. The molecule has 0 atom stereocenters. The van der Waals surface area contributed by atoms with Crippen molar-refractivity contribution in [3.63, 3.8) is 0 Å². The van der Waals surface area contributed by atoms with Crippen LogP contribution in [0.2, 0.25) is 0 Å². The van der Waals surface area contributed by atoms with Crippen molar-refractivity contribution in [2.45, 2.75) is 12.7 Å². The van der Waals surface area contributed by atoms with Gasteiger partial charge in [0.25, 0.3) is 5.91 Å². The molecule has 0 fully saturated rings. The molecule has 0 radical (unpaired) electrons. The van der Waals surface area contributed by atoms with Crippen LogP contribution in [0, 0.1) is 0 Å². The average molecular weight is 370 g/mol. The van der Waals surface area contributed by atoms with E-state index in [1.54, 1.807) is 24.3 Å². The highest BCUT2D eigenvalue weighted by atomic mass is 16.7. The molecule has 2 rings (SSSR count). The standard InChI is InChI=1S/C21H26N2O4/c1-26-20(27-2)16-23(21(25)18-11-7-4-8-12-18)15-19(24)22-14-13-17-9-5-3-6-10-17/h3-12,20H,13-16H2,1-2H3,(H,22,24). The van der Waals surface area contributed by atoms with Crippen molar-refractivity contribution >= 4 is 11.8 Å². The minimum Gasteiger partial charge on any atom is -0.354 e. The second kappa shape index (κ2) is 11.1. The fourth-order valence-corrected chi connectivity index (χ4v) is 2.63. The summed E-state index contributed by atoms with van der Waals surface area (Å²) < 4.78 is 10.4. The van der Waals surface area contributed by atoms with Gasteiger partial charge in [-0.15, -0.1) is 0 Å². The first kappa shape index (κ1) is 20.6. The molecule has 6 nitrogen and oxygen atoms in total. The molecule has 0 aromatic heterocycles. The molecular formula is C21H26N2O4. The number of rotatable bonds is 10. The summed E-state index contributed by atoms with van der Waals surface area (Å²) in [4.78, 5) is 26.6. The van der Waals surface area contributed by atoms with Gasteiger partial charge in [0.05, 0.1) is 6.54 Å². The van der Waals surface area contributed by atoms with Gasteiger partial charge in [-0.2, -0.15) is 0 Å². The number of carbonyl (C=O) groups is 2. The van der Waals surface area contributed by atoms with Crippen LogP contribution in [0.15, 0.2) is 60.7 Å². The summed E-state index contributed by atoms with van der Waals surface area (Å²) in [5, 5.41) is 2.86. The number of nitrogens with one attached hydrogen (secondary N) is 1. The van der Waals surface area contributed by atoms with Gasteiger partial charge in [0.1, 0.15) is 6.54 Å². The van der Waals surface area contributed by atoms with Gasteiger partial charge < -0.3 is 19.7 Å². The Morgan fingerprint density at radius 1 is 0.963 bits per heavy atom. The van der Waals surface area contributed by atoms with E-state index in [0.717, 1.165) is 12.0 Å². The van der Waals surface area contributed by atoms with E-state index in [0.29, 0.717) is 12.1 Å². The molecule has 27 heavy (non-hydrogen) atoms. The highest BCUT2D eigenvalue weighted by molar-refractivity contribution is 5.96. The van der Waals surface area contributed by atoms with E-state index in [4.69, 9.17) is 9.47 Å². The summed E-state index contributed by atoms with van der Waals surface area (Å²) in [5.74, 6) is -0.464. The predicted octanol–water partition coefficient (Wildman–Crippen LogP) is 2.11. The zero-order valence-electron chi connectivity index (χ0n) is 15.8. The first-order chi connectivity index (χ1) is 13.1. The Labute approximate surface area is 160 Å². The van der Waals surface area contributed by atoms with Gasteiger partial charge in [-0.3, -0.25) is 9.59 Å². The summed E-state index contributed by atoms with van der Waals surface area (Å²) >= 11 is 0. The molecule has 2 amide bonds. The van der Waals surface area contributed by atoms with E-state index in [2.05, 4.69) is 5.32 Å². The van der Waals surface area contributed by atoms with Crippen LogP contribution in [-0.4, -0.2) is 56.9 Å². The molecule has 1 N–H and O–H groups in total. The van der Waals surface area contributed by atoms with Crippen LogP contribution < -0.4 is 5.32 Å². The molecule has 6 heteroatoms. The average Bonchev–Trinajstić information content (AvgIpc) is 2.72. The van der Waals surface area contributed by atoms with E-state index in [1.807, 2.05) is 36.4 Å². The van der Waals surface area contributed by atoms with Crippen LogP contribution in [-0.2, 0) is 20.7 Å². The van der Waals surface area contributed by atoms with E-state index in [1.165, 1.54) is 19.1 Å². The smallest absolute Gasteiger partial charge is 0.254 e. The highest BCUT2D eigenvalue weighted by Crippen LogP contribution is 2.07. The number of ether oxygens (including phenoxy) is 2. The second-order valence-corrected chi connectivity index (χ2v) is 6.04. The lowest BCUT2D eigenvalue weighted by atomic mass is 10.1. The third kappa shape index (κ3) is 6.84. The highest BCUT2D eigenvalue weighted by Gasteiger charge is 2.22. The molecule has 2 aromatic carbocycles. The summed E-state index contributed by atoms with van der Waals surface area (Å²) in [7, 11) is 3.00. The fourth-order valence-electron chi connectivity index (χ4n) is 2.63. The molecule has 0 aliphatic carbocycles. The van der Waals surface area contributed by atoms with Crippen LogP contribution in [0.3, 0.4) is 0 Å². The Morgan fingerprint density at radius 2 is 1.56 bits per heavy atom. The van der Waals surface area contributed by atoms with Gasteiger partial charge in [-0.05, 0) is 24.1 Å². The van der Waals surface area contributed by atoms with Gasteiger partial charge >= 0.3 is 0 Å². The SMILES string of the molecule is COC(CN(CC(=O)NCCc1ccccc1)C(=O)c1ccccc1)OC. The molecule has 0 saturated heterocycles. The van der Waals surface area contributed by atoms with Crippen LogP contribution in [0.1, 0.15) is 15.9 Å². The van der Waals surface area contributed by atoms with Crippen molar-refractivity contribution in [1.82, 2.24) is 10.2 Å². The number of carbonyl (C=O) groups excluding carboxylic acids is 2. The number of benzene rings is 2. The van der Waals surface area contributed by atoms with E-state index < -0.39 is 6.29 Å². The maximum absolute atomic E-state index is 12.8. The van der Waals surface area contributed by atoms with Gasteiger partial charge in [-0.25, -0.2) is 0 Å². The van der Waals surface area contributed by atoms with Gasteiger partial charge in [0.15, 0.2) is 6.29 Å². The Bertz CT molecular complexity index is 703. The van der Waals surface area contributed by atoms with E-state index in [9.17, 15) is 9.59 Å². The maximum atomic E-state index is 12.8. The first-order valence-corrected chi connectivity index (χ1v) is 8.84. The molecule has 0 heterocycles. The number of amides is 2. The summed E-state index contributed by atoms with van der Waals surface area (Å²) in [6, 6.07) is 18.8. The lowest BCUT2D eigenvalue weighted by Crippen LogP contribution is -2.45. The summed E-state index contributed by atoms with van der Waals surface area (Å²) in [6.07, 6.45) is 0.132. The largest absolute Gasteiger partial charge is 0.354 e. The van der Waals surface area contributed by atoms with Crippen LogP contribution in [0.5, 0.6) is 0 Å². The number of nitrogens with zero attached hydrogens (tertiary/aromatic N) is 1. The van der Waals surface area contributed by atoms with E-state index in [-0.39, 0.29) is 24.9 Å². The molecule has 0 bridgehead atoms. The Kier molecular flexibility index (Phi) is 8.48. The molecule has 2 aromatic rings. The quantitative estimate of drug-likeness (QED) is 0.651. The van der Waals surface area contributed by atoms with Gasteiger partial charge in [0.2, 0.25) is 5.91 Å². The fraction of sp³-hybridized carbons (Fsp3) is 0.333. The second-order valence-electron chi connectivity index (χ2n) is 6.04. The van der Waals surface area contributed by atoms with Crippen molar-refractivity contribution in [3.05, 3.63) is 71.8 Å². The maximum Gasteiger partial charge on any atom is 0.254 e. The van der Waals surface area contributed by atoms with Crippen LogP contribution in [0.25, 0.3) is 0 Å². The summed E-state index contributed by atoms with van der Waals surface area (Å²) in [6.45, 7) is 0.604. The molecule has 0 aliphatic heterocycles. The molecule has 0 spiro atoms. The molecule has 144 valence electrons. The lowest BCUT2D eigenvalue weighted by molar-refractivity contribution is -0.127. The molecule has 0 unspecified atom stereocenters. The molecular weight excluding hydrogens is 344 g/mol. The Morgan fingerprint density at radius 3 is 2.15 bits per heavy atom. The Hall–Kier alpha value is -2.70. The van der Waals surface area contributed by atoms with Crippen molar-refractivity contribution in [1.29, 1.82) is 0 Å². The van der Waals surface area contributed by atoms with Crippen LogP contribution in [0.4, 0.5) is 0 Å². The third-order valence-electron chi connectivity index (χ3n) is 4.12.